The van der Waals surface area contributed by atoms with E-state index in [9.17, 15) is 0 Å². The van der Waals surface area contributed by atoms with E-state index in [2.05, 4.69) is 34.5 Å². The van der Waals surface area contributed by atoms with E-state index in [1.165, 1.54) is 5.56 Å². The standard InChI is InChI=1S/C16H24N4O/c1-12(2)21-15-7-5-14(6-8-15)13(3)17-10-9-16-18-11-20(4)19-16/h5-8,11-13,17H,9-10H2,1-4H3. The van der Waals surface area contributed by atoms with Crippen LogP contribution in [0.15, 0.2) is 30.6 Å². The lowest BCUT2D eigenvalue weighted by Gasteiger charge is -2.15. The molecule has 0 fully saturated rings. The van der Waals surface area contributed by atoms with E-state index in [0.29, 0.717) is 6.04 Å². The van der Waals surface area contributed by atoms with Crippen molar-refractivity contribution >= 4 is 0 Å². The quantitative estimate of drug-likeness (QED) is 0.850. The number of aromatic nitrogens is 3. The molecule has 0 aliphatic heterocycles. The van der Waals surface area contributed by atoms with Gasteiger partial charge in [-0.05, 0) is 38.5 Å². The molecule has 1 unspecified atom stereocenters. The third kappa shape index (κ3) is 4.86. The second-order valence-electron chi connectivity index (χ2n) is 5.50. The minimum absolute atomic E-state index is 0.206. The largest absolute Gasteiger partial charge is 0.491 e. The van der Waals surface area contributed by atoms with Crippen molar-refractivity contribution in [1.29, 1.82) is 0 Å². The van der Waals surface area contributed by atoms with Crippen LogP contribution in [0.25, 0.3) is 0 Å². The van der Waals surface area contributed by atoms with Gasteiger partial charge in [-0.15, -0.1) is 0 Å². The predicted molar refractivity (Wildman–Crippen MR) is 83.3 cm³/mol. The highest BCUT2D eigenvalue weighted by molar-refractivity contribution is 5.29. The molecule has 114 valence electrons. The van der Waals surface area contributed by atoms with Crippen LogP contribution in [0.3, 0.4) is 0 Å². The molecule has 0 saturated carbocycles. The topological polar surface area (TPSA) is 52.0 Å². The molecule has 5 nitrogen and oxygen atoms in total. The molecule has 0 aliphatic carbocycles. The van der Waals surface area contributed by atoms with Gasteiger partial charge in [-0.1, -0.05) is 12.1 Å². The lowest BCUT2D eigenvalue weighted by Crippen LogP contribution is -2.21. The highest BCUT2D eigenvalue weighted by atomic mass is 16.5. The Kier molecular flexibility index (Phi) is 5.33. The Hall–Kier alpha value is -1.88. The van der Waals surface area contributed by atoms with Crippen LogP contribution in [-0.4, -0.2) is 27.4 Å². The van der Waals surface area contributed by atoms with Crippen molar-refractivity contribution in [3.63, 3.8) is 0 Å². The average molecular weight is 288 g/mol. The molecule has 0 saturated heterocycles. The van der Waals surface area contributed by atoms with E-state index in [0.717, 1.165) is 24.5 Å². The van der Waals surface area contributed by atoms with Gasteiger partial charge in [0.25, 0.3) is 0 Å². The summed E-state index contributed by atoms with van der Waals surface area (Å²) < 4.78 is 7.38. The van der Waals surface area contributed by atoms with Crippen LogP contribution in [0.5, 0.6) is 5.75 Å². The SMILES string of the molecule is CC(C)Oc1ccc(C(C)NCCc2ncn(C)n2)cc1. The molecule has 0 amide bonds. The van der Waals surface area contributed by atoms with Crippen molar-refractivity contribution in [2.24, 2.45) is 7.05 Å². The molecule has 0 bridgehead atoms. The van der Waals surface area contributed by atoms with Crippen molar-refractivity contribution in [3.8, 4) is 5.75 Å². The summed E-state index contributed by atoms with van der Waals surface area (Å²) in [6.07, 6.45) is 2.77. The normalized spacial score (nSPS) is 12.6. The van der Waals surface area contributed by atoms with Gasteiger partial charge in [0.05, 0.1) is 6.10 Å². The Morgan fingerprint density at radius 3 is 2.48 bits per heavy atom. The van der Waals surface area contributed by atoms with Gasteiger partial charge < -0.3 is 10.1 Å². The molecule has 1 atom stereocenters. The lowest BCUT2D eigenvalue weighted by molar-refractivity contribution is 0.242. The van der Waals surface area contributed by atoms with Gasteiger partial charge in [0.2, 0.25) is 0 Å². The third-order valence-corrected chi connectivity index (χ3v) is 3.20. The Morgan fingerprint density at radius 1 is 1.19 bits per heavy atom. The van der Waals surface area contributed by atoms with Crippen LogP contribution >= 0.6 is 0 Å². The van der Waals surface area contributed by atoms with Gasteiger partial charge in [-0.25, -0.2) is 4.98 Å². The van der Waals surface area contributed by atoms with Crippen molar-refractivity contribution in [2.75, 3.05) is 6.54 Å². The molecular weight excluding hydrogens is 264 g/mol. The monoisotopic (exact) mass is 288 g/mol. The minimum Gasteiger partial charge on any atom is -0.491 e. The van der Waals surface area contributed by atoms with Crippen LogP contribution in [0.2, 0.25) is 0 Å². The number of nitrogens with zero attached hydrogens (tertiary/aromatic N) is 3. The van der Waals surface area contributed by atoms with Gasteiger partial charge in [0.15, 0.2) is 5.82 Å². The molecule has 2 rings (SSSR count). The fourth-order valence-electron chi connectivity index (χ4n) is 2.12. The molecule has 21 heavy (non-hydrogen) atoms. The third-order valence-electron chi connectivity index (χ3n) is 3.20. The Labute approximate surface area is 126 Å². The van der Waals surface area contributed by atoms with Crippen LogP contribution in [0.1, 0.15) is 38.2 Å². The van der Waals surface area contributed by atoms with E-state index in [1.807, 2.05) is 33.0 Å². The first kappa shape index (κ1) is 15.5. The number of aryl methyl sites for hydroxylation is 1. The summed E-state index contributed by atoms with van der Waals surface area (Å²) in [6.45, 7) is 7.08. The van der Waals surface area contributed by atoms with E-state index in [4.69, 9.17) is 4.74 Å². The van der Waals surface area contributed by atoms with Gasteiger partial charge in [-0.2, -0.15) is 5.10 Å². The first-order valence-electron chi connectivity index (χ1n) is 7.39. The zero-order valence-corrected chi connectivity index (χ0v) is 13.2. The van der Waals surface area contributed by atoms with Crippen LogP contribution in [-0.2, 0) is 13.5 Å². The Bertz CT molecular complexity index is 548. The summed E-state index contributed by atoms with van der Waals surface area (Å²) >= 11 is 0. The molecular formula is C16H24N4O. The van der Waals surface area contributed by atoms with Gasteiger partial charge >= 0.3 is 0 Å². The van der Waals surface area contributed by atoms with Gasteiger partial charge in [0.1, 0.15) is 12.1 Å². The molecule has 0 spiro atoms. The molecule has 1 aromatic carbocycles. The molecule has 2 aromatic rings. The maximum atomic E-state index is 5.65. The summed E-state index contributed by atoms with van der Waals surface area (Å²) in [6, 6.07) is 8.55. The smallest absolute Gasteiger partial charge is 0.151 e. The second-order valence-corrected chi connectivity index (χ2v) is 5.50. The minimum atomic E-state index is 0.206. The number of ether oxygens (including phenoxy) is 1. The number of nitrogens with one attached hydrogen (secondary N) is 1. The van der Waals surface area contributed by atoms with Crippen molar-refractivity contribution in [3.05, 3.63) is 42.0 Å². The maximum Gasteiger partial charge on any atom is 0.151 e. The maximum absolute atomic E-state index is 5.65. The zero-order chi connectivity index (χ0) is 15.2. The van der Waals surface area contributed by atoms with Crippen LogP contribution < -0.4 is 10.1 Å². The summed E-state index contributed by atoms with van der Waals surface area (Å²) in [7, 11) is 1.88. The van der Waals surface area contributed by atoms with E-state index in [1.54, 1.807) is 11.0 Å². The van der Waals surface area contributed by atoms with E-state index < -0.39 is 0 Å². The van der Waals surface area contributed by atoms with E-state index in [-0.39, 0.29) is 6.10 Å². The van der Waals surface area contributed by atoms with Crippen molar-refractivity contribution < 1.29 is 4.74 Å². The van der Waals surface area contributed by atoms with Gasteiger partial charge in [-0.3, -0.25) is 4.68 Å². The second kappa shape index (κ2) is 7.22. The number of rotatable bonds is 7. The van der Waals surface area contributed by atoms with Gasteiger partial charge in [0, 0.05) is 26.1 Å². The molecule has 5 heteroatoms. The molecule has 1 aromatic heterocycles. The fraction of sp³-hybridized carbons (Fsp3) is 0.500. The Balaban J connectivity index is 1.81. The first-order chi connectivity index (χ1) is 10.0. The summed E-state index contributed by atoms with van der Waals surface area (Å²) in [5.74, 6) is 1.79. The number of benzene rings is 1. The number of hydrogen-bond donors (Lipinski definition) is 1. The fourth-order valence-corrected chi connectivity index (χ4v) is 2.12. The van der Waals surface area contributed by atoms with Crippen molar-refractivity contribution in [1.82, 2.24) is 20.1 Å². The molecule has 0 radical (unpaired) electrons. The van der Waals surface area contributed by atoms with Crippen LogP contribution in [0.4, 0.5) is 0 Å². The van der Waals surface area contributed by atoms with E-state index >= 15 is 0 Å². The summed E-state index contributed by atoms with van der Waals surface area (Å²) in [5.41, 5.74) is 1.25. The molecule has 1 heterocycles. The highest BCUT2D eigenvalue weighted by Gasteiger charge is 2.06. The van der Waals surface area contributed by atoms with Crippen LogP contribution in [0, 0.1) is 0 Å². The summed E-state index contributed by atoms with van der Waals surface area (Å²) in [5, 5.41) is 7.76. The average Bonchev–Trinajstić information content (AvgIpc) is 2.84. The lowest BCUT2D eigenvalue weighted by atomic mass is 10.1. The highest BCUT2D eigenvalue weighted by Crippen LogP contribution is 2.18. The summed E-state index contributed by atoms with van der Waals surface area (Å²) in [4.78, 5) is 4.22. The zero-order valence-electron chi connectivity index (χ0n) is 13.2. The first-order valence-corrected chi connectivity index (χ1v) is 7.39. The number of hydrogen-bond acceptors (Lipinski definition) is 4. The van der Waals surface area contributed by atoms with Crippen molar-refractivity contribution in [2.45, 2.75) is 39.3 Å². The molecule has 1 N–H and O–H groups in total. The Morgan fingerprint density at radius 2 is 1.90 bits per heavy atom. The molecule has 0 aliphatic rings. The predicted octanol–water partition coefficient (Wildman–Crippen LogP) is 2.50.